The summed E-state index contributed by atoms with van der Waals surface area (Å²) in [5.74, 6) is 0.705. The van der Waals surface area contributed by atoms with Crippen LogP contribution in [0.2, 0.25) is 0 Å². The van der Waals surface area contributed by atoms with Crippen LogP contribution in [0.5, 0.6) is 0 Å². The minimum absolute atomic E-state index is 0.0323. The molecule has 5 aromatic rings. The van der Waals surface area contributed by atoms with Gasteiger partial charge in [-0.3, -0.25) is 4.79 Å². The molecule has 0 saturated carbocycles. The van der Waals surface area contributed by atoms with Gasteiger partial charge < -0.3 is 24.3 Å². The Kier molecular flexibility index (Phi) is 6.37. The van der Waals surface area contributed by atoms with Gasteiger partial charge in [0, 0.05) is 67.3 Å². The maximum Gasteiger partial charge on any atom is 0.254 e. The number of carbonyl (C=O) groups excluding carboxylic acids is 1. The lowest BCUT2D eigenvalue weighted by atomic mass is 10.0. The van der Waals surface area contributed by atoms with E-state index in [4.69, 9.17) is 9.72 Å². The van der Waals surface area contributed by atoms with Crippen molar-refractivity contribution in [2.45, 2.75) is 13.0 Å². The predicted octanol–water partition coefficient (Wildman–Crippen LogP) is 5.18. The van der Waals surface area contributed by atoms with Crippen LogP contribution in [0, 0.1) is 0 Å². The fourth-order valence-corrected chi connectivity index (χ4v) is 5.64. The summed E-state index contributed by atoms with van der Waals surface area (Å²) in [7, 11) is 0. The van der Waals surface area contributed by atoms with Gasteiger partial charge in [-0.2, -0.15) is 0 Å². The van der Waals surface area contributed by atoms with Crippen LogP contribution in [0.3, 0.4) is 0 Å². The third-order valence-electron chi connectivity index (χ3n) is 7.68. The van der Waals surface area contributed by atoms with Gasteiger partial charge in [0.2, 0.25) is 0 Å². The van der Waals surface area contributed by atoms with Gasteiger partial charge in [0.25, 0.3) is 5.91 Å². The normalized spacial score (nSPS) is 14.9. The van der Waals surface area contributed by atoms with E-state index in [0.29, 0.717) is 37.7 Å². The zero-order valence-corrected chi connectivity index (χ0v) is 22.2. The molecule has 0 aliphatic carbocycles. The molecule has 0 atom stereocenters. The Morgan fingerprint density at radius 2 is 1.75 bits per heavy atom. The topological polar surface area (TPSA) is 75.0 Å². The molecule has 200 valence electrons. The number of rotatable bonds is 6. The number of ether oxygens (including phenoxy) is 1. The van der Waals surface area contributed by atoms with Crippen LogP contribution in [0.4, 0.5) is 17.2 Å². The zero-order valence-electron chi connectivity index (χ0n) is 22.2. The summed E-state index contributed by atoms with van der Waals surface area (Å²) in [6.45, 7) is 4.30. The van der Waals surface area contributed by atoms with Gasteiger partial charge >= 0.3 is 0 Å². The Labute approximate surface area is 232 Å². The Hall–Kier alpha value is -4.69. The van der Waals surface area contributed by atoms with E-state index in [1.165, 1.54) is 16.8 Å². The van der Waals surface area contributed by atoms with Crippen LogP contribution < -0.4 is 10.2 Å². The number of imidazole rings is 1. The van der Waals surface area contributed by atoms with Crippen molar-refractivity contribution in [3.8, 4) is 11.3 Å². The maximum absolute atomic E-state index is 12.9. The summed E-state index contributed by atoms with van der Waals surface area (Å²) >= 11 is 0. The Balaban J connectivity index is 1.17. The third kappa shape index (κ3) is 4.67. The van der Waals surface area contributed by atoms with Crippen molar-refractivity contribution in [3.05, 3.63) is 108 Å². The smallest absolute Gasteiger partial charge is 0.254 e. The summed E-state index contributed by atoms with van der Waals surface area (Å²) in [4.78, 5) is 26.7. The summed E-state index contributed by atoms with van der Waals surface area (Å²) in [5.41, 5.74) is 8.19. The molecule has 8 nitrogen and oxygen atoms in total. The highest BCUT2D eigenvalue weighted by atomic mass is 16.5. The molecule has 3 aromatic carbocycles. The molecular weight excluding hydrogens is 500 g/mol. The summed E-state index contributed by atoms with van der Waals surface area (Å²) in [6, 6.07) is 24.7. The van der Waals surface area contributed by atoms with Crippen molar-refractivity contribution < 1.29 is 9.53 Å². The van der Waals surface area contributed by atoms with E-state index in [2.05, 4.69) is 63.7 Å². The molecule has 8 heteroatoms. The fraction of sp³-hybridized carbons (Fsp3) is 0.219. The molecule has 0 bridgehead atoms. The van der Waals surface area contributed by atoms with E-state index in [9.17, 15) is 4.79 Å². The number of hydrogen-bond acceptors (Lipinski definition) is 6. The third-order valence-corrected chi connectivity index (χ3v) is 7.68. The van der Waals surface area contributed by atoms with E-state index in [0.717, 1.165) is 42.1 Å². The van der Waals surface area contributed by atoms with Crippen molar-refractivity contribution in [3.63, 3.8) is 0 Å². The first kappa shape index (κ1) is 24.4. The van der Waals surface area contributed by atoms with E-state index < -0.39 is 0 Å². The van der Waals surface area contributed by atoms with Crippen molar-refractivity contribution in [1.29, 1.82) is 0 Å². The molecular formula is C32H30N6O2. The van der Waals surface area contributed by atoms with E-state index in [1.807, 2.05) is 46.0 Å². The van der Waals surface area contributed by atoms with Crippen molar-refractivity contribution in [2.75, 3.05) is 43.1 Å². The van der Waals surface area contributed by atoms with Gasteiger partial charge in [-0.05, 0) is 47.9 Å². The minimum atomic E-state index is 0.0323. The Morgan fingerprint density at radius 3 is 2.58 bits per heavy atom. The molecule has 0 radical (unpaired) electrons. The highest BCUT2D eigenvalue weighted by molar-refractivity contribution is 5.94. The van der Waals surface area contributed by atoms with Gasteiger partial charge in [-0.15, -0.1) is 0 Å². The second-order valence-corrected chi connectivity index (χ2v) is 10.2. The van der Waals surface area contributed by atoms with Crippen LogP contribution >= 0.6 is 0 Å². The summed E-state index contributed by atoms with van der Waals surface area (Å²) in [5, 5.41) is 3.45. The average molecular weight is 531 g/mol. The van der Waals surface area contributed by atoms with Crippen molar-refractivity contribution >= 4 is 28.7 Å². The number of nitrogens with zero attached hydrogens (tertiary/aromatic N) is 5. The van der Waals surface area contributed by atoms with Crippen LogP contribution in [0.15, 0.2) is 91.4 Å². The van der Waals surface area contributed by atoms with Crippen LogP contribution in [-0.4, -0.2) is 58.0 Å². The molecule has 4 heterocycles. The van der Waals surface area contributed by atoms with Crippen LogP contribution in [-0.2, 0) is 17.7 Å². The lowest BCUT2D eigenvalue weighted by Gasteiger charge is -2.26. The SMILES string of the molecule is O=C(c1ccc(Nc2nc(-c3cccc4c3CCN4Cc3ccccc3)cn3ccnc23)cc1)N1CCOCC1. The molecule has 1 fully saturated rings. The van der Waals surface area contributed by atoms with Gasteiger partial charge in [-0.25, -0.2) is 9.97 Å². The Morgan fingerprint density at radius 1 is 0.925 bits per heavy atom. The number of morpholine rings is 1. The highest BCUT2D eigenvalue weighted by Gasteiger charge is 2.24. The highest BCUT2D eigenvalue weighted by Crippen LogP contribution is 2.37. The summed E-state index contributed by atoms with van der Waals surface area (Å²) in [6.07, 6.45) is 6.75. The molecule has 2 aliphatic rings. The van der Waals surface area contributed by atoms with Crippen LogP contribution in [0.1, 0.15) is 21.5 Å². The van der Waals surface area contributed by atoms with Gasteiger partial charge in [-0.1, -0.05) is 42.5 Å². The number of benzene rings is 3. The largest absolute Gasteiger partial charge is 0.378 e. The molecule has 0 spiro atoms. The molecule has 2 aromatic heterocycles. The zero-order chi connectivity index (χ0) is 26.9. The monoisotopic (exact) mass is 530 g/mol. The average Bonchev–Trinajstić information content (AvgIpc) is 3.66. The lowest BCUT2D eigenvalue weighted by Crippen LogP contribution is -2.40. The number of aromatic nitrogens is 3. The van der Waals surface area contributed by atoms with Gasteiger partial charge in [0.15, 0.2) is 11.5 Å². The first-order valence-corrected chi connectivity index (χ1v) is 13.7. The number of carbonyl (C=O) groups is 1. The molecule has 7 rings (SSSR count). The number of amides is 1. The Bertz CT molecular complexity index is 1660. The van der Waals surface area contributed by atoms with E-state index in [1.54, 1.807) is 6.20 Å². The molecule has 2 aliphatic heterocycles. The molecule has 40 heavy (non-hydrogen) atoms. The van der Waals surface area contributed by atoms with Gasteiger partial charge in [0.1, 0.15) is 0 Å². The molecule has 1 amide bonds. The second-order valence-electron chi connectivity index (χ2n) is 10.2. The predicted molar refractivity (Wildman–Crippen MR) is 156 cm³/mol. The van der Waals surface area contributed by atoms with Gasteiger partial charge in [0.05, 0.1) is 18.9 Å². The second kappa shape index (κ2) is 10.5. The van der Waals surface area contributed by atoms with E-state index in [-0.39, 0.29) is 5.91 Å². The summed E-state index contributed by atoms with van der Waals surface area (Å²) < 4.78 is 7.38. The minimum Gasteiger partial charge on any atom is -0.378 e. The maximum atomic E-state index is 12.9. The number of nitrogens with one attached hydrogen (secondary N) is 1. The molecule has 0 unspecified atom stereocenters. The van der Waals surface area contributed by atoms with E-state index >= 15 is 0 Å². The first-order chi connectivity index (χ1) is 19.7. The van der Waals surface area contributed by atoms with Crippen molar-refractivity contribution in [1.82, 2.24) is 19.3 Å². The number of hydrogen-bond donors (Lipinski definition) is 1. The standard InChI is InChI=1S/C32H30N6O2/c39-32(36-17-19-40-20-18-36)24-9-11-25(12-10-24)34-30-31-33-14-16-38(31)22-28(35-30)26-7-4-8-29-27(26)13-15-37(29)21-23-5-2-1-3-6-23/h1-12,14,16,22H,13,15,17-21H2,(H,34,35). The fourth-order valence-electron chi connectivity index (χ4n) is 5.64. The van der Waals surface area contributed by atoms with Crippen LogP contribution in [0.25, 0.3) is 16.9 Å². The molecule has 1 saturated heterocycles. The first-order valence-electron chi connectivity index (χ1n) is 13.7. The quantitative estimate of drug-likeness (QED) is 0.326. The number of fused-ring (bicyclic) bond motifs is 2. The lowest BCUT2D eigenvalue weighted by molar-refractivity contribution is 0.0303. The van der Waals surface area contributed by atoms with Crippen molar-refractivity contribution in [2.24, 2.45) is 0 Å². The molecule has 1 N–H and O–H groups in total. The number of anilines is 3.